The van der Waals surface area contributed by atoms with Crippen LogP contribution in [0.2, 0.25) is 0 Å². The van der Waals surface area contributed by atoms with Gasteiger partial charge in [-0.25, -0.2) is 4.98 Å². The summed E-state index contributed by atoms with van der Waals surface area (Å²) >= 11 is 1.46. The Labute approximate surface area is 165 Å². The van der Waals surface area contributed by atoms with Crippen LogP contribution in [0.15, 0.2) is 64.4 Å². The van der Waals surface area contributed by atoms with Gasteiger partial charge in [0.05, 0.1) is 19.9 Å². The van der Waals surface area contributed by atoms with E-state index < -0.39 is 0 Å². The first-order chi connectivity index (χ1) is 13.8. The number of benzene rings is 2. The van der Waals surface area contributed by atoms with Crippen molar-refractivity contribution in [2.24, 2.45) is 0 Å². The first-order valence-electron chi connectivity index (χ1n) is 8.42. The lowest BCUT2D eigenvalue weighted by Gasteiger charge is -2.08. The molecule has 9 heteroatoms. The van der Waals surface area contributed by atoms with Crippen molar-refractivity contribution in [2.45, 2.75) is 10.9 Å². The summed E-state index contributed by atoms with van der Waals surface area (Å²) in [5, 5.41) is 12.6. The van der Waals surface area contributed by atoms with Gasteiger partial charge in [0.2, 0.25) is 11.0 Å². The van der Waals surface area contributed by atoms with Crippen molar-refractivity contribution >= 4 is 11.8 Å². The summed E-state index contributed by atoms with van der Waals surface area (Å²) < 4.78 is 17.8. The molecule has 142 valence electrons. The number of methoxy groups -OCH3 is 2. The average Bonchev–Trinajstić information content (AvgIpc) is 3.41. The summed E-state index contributed by atoms with van der Waals surface area (Å²) in [6.07, 6.45) is 1.64. The van der Waals surface area contributed by atoms with Gasteiger partial charge in [0.25, 0.3) is 0 Å². The van der Waals surface area contributed by atoms with Crippen LogP contribution in [0.3, 0.4) is 0 Å². The van der Waals surface area contributed by atoms with Gasteiger partial charge in [-0.2, -0.15) is 4.68 Å². The minimum absolute atomic E-state index is 0.558. The van der Waals surface area contributed by atoms with Crippen molar-refractivity contribution in [3.63, 3.8) is 0 Å². The van der Waals surface area contributed by atoms with Gasteiger partial charge in [-0.3, -0.25) is 0 Å². The Morgan fingerprint density at radius 3 is 2.64 bits per heavy atom. The van der Waals surface area contributed by atoms with Crippen LogP contribution >= 0.6 is 11.8 Å². The highest BCUT2D eigenvalue weighted by Gasteiger charge is 2.14. The number of hydrogen-bond donors (Lipinski definition) is 0. The molecule has 0 radical (unpaired) electrons. The lowest BCUT2D eigenvalue weighted by Crippen LogP contribution is -2.01. The summed E-state index contributed by atoms with van der Waals surface area (Å²) in [5.74, 6) is 2.60. The molecule has 0 fully saturated rings. The molecule has 0 aliphatic carbocycles. The first-order valence-corrected chi connectivity index (χ1v) is 9.40. The number of aromatic nitrogens is 5. The Kier molecular flexibility index (Phi) is 5.24. The average molecular weight is 395 g/mol. The van der Waals surface area contributed by atoms with Crippen LogP contribution in [-0.2, 0) is 5.75 Å². The Morgan fingerprint density at radius 1 is 1.04 bits per heavy atom. The number of thioether (sulfide) groups is 1. The third-order valence-corrected chi connectivity index (χ3v) is 4.95. The largest absolute Gasteiger partial charge is 0.497 e. The topological polar surface area (TPSA) is 88.1 Å². The maximum absolute atomic E-state index is 5.60. The molecule has 0 aliphatic rings. The van der Waals surface area contributed by atoms with Crippen LogP contribution in [0, 0.1) is 0 Å². The second-order valence-corrected chi connectivity index (χ2v) is 6.65. The molecule has 0 saturated carbocycles. The van der Waals surface area contributed by atoms with Crippen molar-refractivity contribution in [1.29, 1.82) is 0 Å². The van der Waals surface area contributed by atoms with Crippen molar-refractivity contribution in [2.75, 3.05) is 14.2 Å². The molecule has 0 amide bonds. The Bertz CT molecular complexity index is 1060. The smallest absolute Gasteiger partial charge is 0.226 e. The Balaban J connectivity index is 1.49. The van der Waals surface area contributed by atoms with E-state index in [9.17, 15) is 0 Å². The van der Waals surface area contributed by atoms with Crippen LogP contribution in [-0.4, -0.2) is 39.4 Å². The van der Waals surface area contributed by atoms with E-state index in [-0.39, 0.29) is 0 Å². The van der Waals surface area contributed by atoms with Gasteiger partial charge in [0, 0.05) is 11.3 Å². The fourth-order valence-corrected chi connectivity index (χ4v) is 3.36. The molecule has 0 spiro atoms. The second kappa shape index (κ2) is 8.13. The second-order valence-electron chi connectivity index (χ2n) is 5.71. The predicted octanol–water partition coefficient (Wildman–Crippen LogP) is 3.63. The Hall–Kier alpha value is -3.33. The van der Waals surface area contributed by atoms with Crippen LogP contribution in [0.25, 0.3) is 17.1 Å². The van der Waals surface area contributed by atoms with E-state index in [0.717, 1.165) is 22.7 Å². The number of ether oxygens (including phenoxy) is 2. The summed E-state index contributed by atoms with van der Waals surface area (Å²) in [6, 6.07) is 15.1. The van der Waals surface area contributed by atoms with Gasteiger partial charge in [0.15, 0.2) is 0 Å². The molecule has 2 heterocycles. The highest BCUT2D eigenvalue weighted by Crippen LogP contribution is 2.28. The standard InChI is InChI=1S/C19H17N5O3S/c1-25-15-9-7-13(8-10-15)18-20-14(11-27-18)12-28-19-21-22-23-24(19)16-5-3-4-6-17(16)26-2/h3-11H,12H2,1-2H3. The summed E-state index contributed by atoms with van der Waals surface area (Å²) in [4.78, 5) is 4.54. The van der Waals surface area contributed by atoms with E-state index in [2.05, 4.69) is 20.5 Å². The van der Waals surface area contributed by atoms with E-state index in [1.165, 1.54) is 11.8 Å². The maximum Gasteiger partial charge on any atom is 0.226 e. The predicted molar refractivity (Wildman–Crippen MR) is 104 cm³/mol. The van der Waals surface area contributed by atoms with E-state index in [1.807, 2.05) is 48.5 Å². The molecule has 0 atom stereocenters. The van der Waals surface area contributed by atoms with Crippen molar-refractivity contribution in [3.05, 3.63) is 60.5 Å². The molecule has 2 aromatic carbocycles. The molecule has 8 nitrogen and oxygen atoms in total. The molecular formula is C19H17N5O3S. The number of tetrazole rings is 1. The molecule has 0 N–H and O–H groups in total. The molecule has 28 heavy (non-hydrogen) atoms. The monoisotopic (exact) mass is 395 g/mol. The van der Waals surface area contributed by atoms with Crippen LogP contribution in [0.1, 0.15) is 5.69 Å². The zero-order valence-corrected chi connectivity index (χ0v) is 16.1. The van der Waals surface area contributed by atoms with Gasteiger partial charge < -0.3 is 13.9 Å². The lowest BCUT2D eigenvalue weighted by atomic mass is 10.2. The van der Waals surface area contributed by atoms with Gasteiger partial charge in [-0.15, -0.1) is 5.10 Å². The van der Waals surface area contributed by atoms with Gasteiger partial charge >= 0.3 is 0 Å². The quantitative estimate of drug-likeness (QED) is 0.438. The minimum atomic E-state index is 0.558. The normalized spacial score (nSPS) is 10.8. The fourth-order valence-electron chi connectivity index (χ4n) is 2.60. The maximum atomic E-state index is 5.60. The Morgan fingerprint density at radius 2 is 1.86 bits per heavy atom. The van der Waals surface area contributed by atoms with E-state index >= 15 is 0 Å². The molecule has 0 bridgehead atoms. The van der Waals surface area contributed by atoms with Crippen molar-refractivity contribution < 1.29 is 13.9 Å². The van der Waals surface area contributed by atoms with Gasteiger partial charge in [-0.1, -0.05) is 23.9 Å². The lowest BCUT2D eigenvalue weighted by molar-refractivity contribution is 0.410. The fraction of sp³-hybridized carbons (Fsp3) is 0.158. The van der Waals surface area contributed by atoms with E-state index in [0.29, 0.717) is 22.5 Å². The molecule has 2 aromatic heterocycles. The van der Waals surface area contributed by atoms with Crippen molar-refractivity contribution in [1.82, 2.24) is 25.2 Å². The zero-order valence-electron chi connectivity index (χ0n) is 15.3. The molecule has 4 aromatic rings. The number of hydrogen-bond acceptors (Lipinski definition) is 8. The van der Waals surface area contributed by atoms with E-state index in [1.54, 1.807) is 25.2 Å². The number of para-hydroxylation sites is 2. The SMILES string of the molecule is COc1ccc(-c2nc(CSc3nnnn3-c3ccccc3OC)co2)cc1. The molecule has 0 aliphatic heterocycles. The zero-order chi connectivity index (χ0) is 19.3. The summed E-state index contributed by atoms with van der Waals surface area (Å²) in [5.41, 5.74) is 2.46. The molecular weight excluding hydrogens is 378 g/mol. The number of oxazole rings is 1. The molecule has 0 saturated heterocycles. The minimum Gasteiger partial charge on any atom is -0.497 e. The summed E-state index contributed by atoms with van der Waals surface area (Å²) in [7, 11) is 3.25. The third kappa shape index (κ3) is 3.70. The highest BCUT2D eigenvalue weighted by molar-refractivity contribution is 7.98. The van der Waals surface area contributed by atoms with Crippen molar-refractivity contribution in [3.8, 4) is 28.6 Å². The first kappa shape index (κ1) is 18.1. The molecule has 0 unspecified atom stereocenters. The van der Waals surface area contributed by atoms with Crippen LogP contribution < -0.4 is 9.47 Å². The number of nitrogens with zero attached hydrogens (tertiary/aromatic N) is 5. The highest BCUT2D eigenvalue weighted by atomic mass is 32.2. The number of rotatable bonds is 7. The summed E-state index contributed by atoms with van der Waals surface area (Å²) in [6.45, 7) is 0. The van der Waals surface area contributed by atoms with Crippen LogP contribution in [0.4, 0.5) is 0 Å². The van der Waals surface area contributed by atoms with Crippen LogP contribution in [0.5, 0.6) is 11.5 Å². The van der Waals surface area contributed by atoms with Gasteiger partial charge in [-0.05, 0) is 46.8 Å². The third-order valence-electron chi connectivity index (χ3n) is 3.99. The van der Waals surface area contributed by atoms with Gasteiger partial charge in [0.1, 0.15) is 23.4 Å². The molecule has 4 rings (SSSR count). The van der Waals surface area contributed by atoms with E-state index in [4.69, 9.17) is 13.9 Å².